The van der Waals surface area contributed by atoms with Gasteiger partial charge in [0.05, 0.1) is 5.70 Å². The fourth-order valence-corrected chi connectivity index (χ4v) is 7.63. The van der Waals surface area contributed by atoms with Crippen LogP contribution in [0.15, 0.2) is 205 Å². The second kappa shape index (κ2) is 13.7. The highest BCUT2D eigenvalue weighted by Gasteiger charge is 2.18. The third-order valence-corrected chi connectivity index (χ3v) is 10.4. The van der Waals surface area contributed by atoms with Gasteiger partial charge < -0.3 is 4.42 Å². The molecule has 1 heterocycles. The number of aliphatic imine (C=N–C) groups is 1. The van der Waals surface area contributed by atoms with Gasteiger partial charge in [-0.25, -0.2) is 0 Å². The molecular weight excluding hydrogens is 643 g/mol. The zero-order chi connectivity index (χ0) is 35.7. The number of hydrogen-bond acceptors (Lipinski definition) is 2. The first-order valence-electron chi connectivity index (χ1n) is 18.1. The minimum Gasteiger partial charge on any atom is -0.456 e. The lowest BCUT2D eigenvalue weighted by Crippen LogP contribution is -2.08. The van der Waals surface area contributed by atoms with E-state index >= 15 is 0 Å². The standard InChI is InChI=1S/C51H37NO/c1-3-35(42-26-25-37-17-10-11-20-39(37)30-42)31-48(38-18-8-5-9-19-38)52-34(2)47-33-50-51(45-24-13-12-23-44(45)47)46-28-27-43(32-49(46)53-50)41-22-14-21-40(29-41)36-15-6-4-7-16-36/h3-30,32-33,35H,1-2,31H2/b52-48+. The first-order chi connectivity index (χ1) is 26.1. The summed E-state index contributed by atoms with van der Waals surface area (Å²) in [5.74, 6) is 0.0727. The van der Waals surface area contributed by atoms with Crippen LogP contribution in [0.1, 0.15) is 29.0 Å². The van der Waals surface area contributed by atoms with E-state index < -0.39 is 0 Å². The van der Waals surface area contributed by atoms with Crippen LogP contribution in [-0.4, -0.2) is 5.71 Å². The SMILES string of the molecule is C=CC(C/C(=N\C(=C)c1cc2oc3cc(-c4cccc(-c5ccccc5)c4)ccc3c2c2ccccc12)c1ccccc1)c1ccc2ccccc2c1. The molecule has 9 aromatic rings. The van der Waals surface area contributed by atoms with Crippen molar-refractivity contribution in [3.8, 4) is 22.3 Å². The van der Waals surface area contributed by atoms with Gasteiger partial charge in [-0.05, 0) is 79.2 Å². The average Bonchev–Trinajstić information content (AvgIpc) is 3.60. The van der Waals surface area contributed by atoms with Crippen molar-refractivity contribution in [3.63, 3.8) is 0 Å². The molecule has 0 aliphatic heterocycles. The first kappa shape index (κ1) is 32.2. The highest BCUT2D eigenvalue weighted by molar-refractivity contribution is 6.21. The summed E-state index contributed by atoms with van der Waals surface area (Å²) in [6.45, 7) is 8.83. The van der Waals surface area contributed by atoms with Crippen LogP contribution >= 0.6 is 0 Å². The number of hydrogen-bond donors (Lipinski definition) is 0. The summed E-state index contributed by atoms with van der Waals surface area (Å²) in [5.41, 5.74) is 11.2. The monoisotopic (exact) mass is 679 g/mol. The van der Waals surface area contributed by atoms with Crippen LogP contribution in [-0.2, 0) is 0 Å². The maximum absolute atomic E-state index is 6.69. The van der Waals surface area contributed by atoms with E-state index in [1.807, 2.05) is 18.2 Å². The van der Waals surface area contributed by atoms with Gasteiger partial charge in [0.25, 0.3) is 0 Å². The second-order valence-corrected chi connectivity index (χ2v) is 13.6. The van der Waals surface area contributed by atoms with Crippen LogP contribution in [0, 0.1) is 0 Å². The van der Waals surface area contributed by atoms with Gasteiger partial charge in [-0.3, -0.25) is 4.99 Å². The van der Waals surface area contributed by atoms with Crippen molar-refractivity contribution in [3.05, 3.63) is 212 Å². The molecule has 0 fully saturated rings. The summed E-state index contributed by atoms with van der Waals surface area (Å²) < 4.78 is 6.69. The van der Waals surface area contributed by atoms with E-state index in [9.17, 15) is 0 Å². The van der Waals surface area contributed by atoms with Crippen molar-refractivity contribution < 1.29 is 4.42 Å². The van der Waals surface area contributed by atoms with E-state index in [0.29, 0.717) is 12.1 Å². The molecule has 1 aromatic heterocycles. The number of nitrogens with zero attached hydrogens (tertiary/aromatic N) is 1. The Hall–Kier alpha value is -6.77. The molecule has 2 nitrogen and oxygen atoms in total. The molecule has 1 unspecified atom stereocenters. The third-order valence-electron chi connectivity index (χ3n) is 10.4. The molecule has 0 bridgehead atoms. The average molecular weight is 680 g/mol. The summed E-state index contributed by atoms with van der Waals surface area (Å²) >= 11 is 0. The highest BCUT2D eigenvalue weighted by Crippen LogP contribution is 2.40. The Kier molecular flexibility index (Phi) is 8.34. The van der Waals surface area contributed by atoms with Gasteiger partial charge in [-0.15, -0.1) is 6.58 Å². The Balaban J connectivity index is 1.12. The molecule has 0 spiro atoms. The number of rotatable bonds is 9. The quantitative estimate of drug-likeness (QED) is 0.110. The van der Waals surface area contributed by atoms with Crippen LogP contribution in [0.2, 0.25) is 0 Å². The van der Waals surface area contributed by atoms with E-state index in [1.165, 1.54) is 27.5 Å². The largest absolute Gasteiger partial charge is 0.456 e. The molecule has 0 radical (unpaired) electrons. The van der Waals surface area contributed by atoms with Crippen molar-refractivity contribution in [1.82, 2.24) is 0 Å². The van der Waals surface area contributed by atoms with E-state index in [-0.39, 0.29) is 5.92 Å². The van der Waals surface area contributed by atoms with Crippen LogP contribution in [0.25, 0.3) is 71.4 Å². The summed E-state index contributed by atoms with van der Waals surface area (Å²) in [5, 5.41) is 6.86. The van der Waals surface area contributed by atoms with Gasteiger partial charge in [0.2, 0.25) is 0 Å². The number of fused-ring (bicyclic) bond motifs is 6. The minimum absolute atomic E-state index is 0.0727. The molecule has 0 saturated heterocycles. The van der Waals surface area contributed by atoms with Gasteiger partial charge in [0, 0.05) is 34.4 Å². The molecule has 252 valence electrons. The lowest BCUT2D eigenvalue weighted by molar-refractivity contribution is 0.669. The zero-order valence-corrected chi connectivity index (χ0v) is 29.4. The van der Waals surface area contributed by atoms with Gasteiger partial charge in [-0.2, -0.15) is 0 Å². The maximum Gasteiger partial charge on any atom is 0.136 e. The van der Waals surface area contributed by atoms with Gasteiger partial charge in [0.1, 0.15) is 11.2 Å². The van der Waals surface area contributed by atoms with Crippen molar-refractivity contribution in [2.45, 2.75) is 12.3 Å². The van der Waals surface area contributed by atoms with Crippen molar-refractivity contribution in [2.75, 3.05) is 0 Å². The summed E-state index contributed by atoms with van der Waals surface area (Å²) in [6, 6.07) is 61.9. The fraction of sp³-hybridized carbons (Fsp3) is 0.0392. The van der Waals surface area contributed by atoms with E-state index in [4.69, 9.17) is 9.41 Å². The normalized spacial score (nSPS) is 12.4. The van der Waals surface area contributed by atoms with Crippen LogP contribution in [0.5, 0.6) is 0 Å². The van der Waals surface area contributed by atoms with Crippen molar-refractivity contribution in [1.29, 1.82) is 0 Å². The fourth-order valence-electron chi connectivity index (χ4n) is 7.63. The van der Waals surface area contributed by atoms with Crippen LogP contribution in [0.3, 0.4) is 0 Å². The predicted molar refractivity (Wildman–Crippen MR) is 226 cm³/mol. The molecule has 0 aliphatic carbocycles. The zero-order valence-electron chi connectivity index (χ0n) is 29.4. The summed E-state index contributed by atoms with van der Waals surface area (Å²) in [6.07, 6.45) is 2.72. The van der Waals surface area contributed by atoms with E-state index in [1.54, 1.807) is 0 Å². The summed E-state index contributed by atoms with van der Waals surface area (Å²) in [7, 11) is 0. The molecule has 0 aliphatic rings. The molecule has 0 N–H and O–H groups in total. The number of furan rings is 1. The van der Waals surface area contributed by atoms with Crippen LogP contribution < -0.4 is 0 Å². The van der Waals surface area contributed by atoms with Crippen LogP contribution in [0.4, 0.5) is 0 Å². The van der Waals surface area contributed by atoms with E-state index in [0.717, 1.165) is 60.7 Å². The lowest BCUT2D eigenvalue weighted by atomic mass is 9.89. The Labute approximate surface area is 309 Å². The maximum atomic E-state index is 6.69. The topological polar surface area (TPSA) is 25.5 Å². The second-order valence-electron chi connectivity index (χ2n) is 13.6. The Morgan fingerprint density at radius 2 is 1.21 bits per heavy atom. The lowest BCUT2D eigenvalue weighted by Gasteiger charge is -2.17. The van der Waals surface area contributed by atoms with Gasteiger partial charge >= 0.3 is 0 Å². The highest BCUT2D eigenvalue weighted by atomic mass is 16.3. The Morgan fingerprint density at radius 3 is 2.00 bits per heavy atom. The van der Waals surface area contributed by atoms with Gasteiger partial charge in [-0.1, -0.05) is 164 Å². The molecule has 1 atom stereocenters. The molecule has 0 amide bonds. The van der Waals surface area contributed by atoms with Gasteiger partial charge in [0.15, 0.2) is 0 Å². The minimum atomic E-state index is 0.0727. The molecule has 9 rings (SSSR count). The molecule has 0 saturated carbocycles. The molecule has 2 heteroatoms. The predicted octanol–water partition coefficient (Wildman–Crippen LogP) is 14.0. The number of allylic oxidation sites excluding steroid dienone is 1. The molecule has 8 aromatic carbocycles. The molecule has 53 heavy (non-hydrogen) atoms. The Morgan fingerprint density at radius 1 is 0.547 bits per heavy atom. The molecular formula is C51H37NO. The van der Waals surface area contributed by atoms with Crippen molar-refractivity contribution in [2.24, 2.45) is 4.99 Å². The first-order valence-corrected chi connectivity index (χ1v) is 18.1. The third kappa shape index (κ3) is 6.15. The van der Waals surface area contributed by atoms with Crippen molar-refractivity contribution >= 4 is 54.9 Å². The smallest absolute Gasteiger partial charge is 0.136 e. The summed E-state index contributed by atoms with van der Waals surface area (Å²) in [4.78, 5) is 5.32. The van der Waals surface area contributed by atoms with E-state index in [2.05, 4.69) is 177 Å². The Bertz CT molecular complexity index is 2840. The number of benzene rings is 8.